The van der Waals surface area contributed by atoms with Crippen molar-refractivity contribution < 1.29 is 14.4 Å². The Hall–Kier alpha value is -4.38. The Morgan fingerprint density at radius 2 is 1.80 bits per heavy atom. The van der Waals surface area contributed by atoms with Gasteiger partial charge in [-0.25, -0.2) is 9.59 Å². The molecule has 2 atom stereocenters. The molecule has 4 heterocycles. The van der Waals surface area contributed by atoms with E-state index in [9.17, 15) is 14.4 Å². The molecule has 2 aromatic carbocycles. The van der Waals surface area contributed by atoms with Crippen LogP contribution in [0.5, 0.6) is 0 Å². The lowest BCUT2D eigenvalue weighted by Gasteiger charge is -2.41. The fraction of sp³-hybridized carbons (Fsp3) is 0.486. The topological polar surface area (TPSA) is 117 Å². The second-order valence-corrected chi connectivity index (χ2v) is 13.0. The van der Waals surface area contributed by atoms with Crippen molar-refractivity contribution in [3.05, 3.63) is 71.9 Å². The second-order valence-electron chi connectivity index (χ2n) is 13.0. The minimum atomic E-state index is -0.690. The van der Waals surface area contributed by atoms with Gasteiger partial charge in [0, 0.05) is 75.9 Å². The summed E-state index contributed by atoms with van der Waals surface area (Å²) in [7, 11) is 0. The number of piperazine rings is 1. The Bertz CT molecular complexity index is 1570. The molecular formula is C35H46N8O3. The van der Waals surface area contributed by atoms with Crippen LogP contribution in [-0.2, 0) is 17.8 Å². The lowest BCUT2D eigenvalue weighted by atomic mass is 9.98. The maximum absolute atomic E-state index is 14.0. The van der Waals surface area contributed by atoms with Gasteiger partial charge in [0.15, 0.2) is 0 Å². The number of amides is 5. The molecular weight excluding hydrogens is 580 g/mol. The fourth-order valence-electron chi connectivity index (χ4n) is 7.01. The molecule has 11 heteroatoms. The van der Waals surface area contributed by atoms with Crippen LogP contribution in [0.2, 0.25) is 0 Å². The Morgan fingerprint density at radius 1 is 1.04 bits per heavy atom. The molecule has 6 rings (SSSR count). The van der Waals surface area contributed by atoms with Gasteiger partial charge in [0.25, 0.3) is 0 Å². The van der Waals surface area contributed by atoms with Crippen molar-refractivity contribution in [3.8, 4) is 0 Å². The number of likely N-dealkylation sites (tertiary alicyclic amines) is 1. The first-order valence-electron chi connectivity index (χ1n) is 16.6. The van der Waals surface area contributed by atoms with E-state index in [1.54, 1.807) is 11.1 Å². The number of carbonyl (C=O) groups excluding carboxylic acids is 3. The van der Waals surface area contributed by atoms with Gasteiger partial charge >= 0.3 is 12.1 Å². The third-order valence-electron chi connectivity index (χ3n) is 9.95. The maximum Gasteiger partial charge on any atom is 0.322 e. The molecule has 0 bridgehead atoms. The maximum atomic E-state index is 14.0. The van der Waals surface area contributed by atoms with E-state index in [0.717, 1.165) is 53.8 Å². The first-order valence-corrected chi connectivity index (χ1v) is 16.6. The Labute approximate surface area is 271 Å². The van der Waals surface area contributed by atoms with E-state index in [-0.39, 0.29) is 24.0 Å². The van der Waals surface area contributed by atoms with Crippen LogP contribution in [0.1, 0.15) is 44.2 Å². The van der Waals surface area contributed by atoms with E-state index in [2.05, 4.69) is 46.2 Å². The highest BCUT2D eigenvalue weighted by molar-refractivity contribution is 5.92. The average molecular weight is 627 g/mol. The van der Waals surface area contributed by atoms with Crippen LogP contribution >= 0.6 is 0 Å². The fourth-order valence-corrected chi connectivity index (χ4v) is 7.01. The van der Waals surface area contributed by atoms with Gasteiger partial charge in [0.05, 0.1) is 11.7 Å². The van der Waals surface area contributed by atoms with Crippen molar-refractivity contribution in [3.63, 3.8) is 0 Å². The summed E-state index contributed by atoms with van der Waals surface area (Å²) >= 11 is 0. The highest BCUT2D eigenvalue weighted by Crippen LogP contribution is 2.28. The van der Waals surface area contributed by atoms with Crippen LogP contribution in [0, 0.1) is 5.92 Å². The van der Waals surface area contributed by atoms with Gasteiger partial charge in [-0.2, -0.15) is 5.10 Å². The lowest BCUT2D eigenvalue weighted by Crippen LogP contribution is -2.58. The SMILES string of the molecule is C=C(C)C(CC)CN1CCN(C(=O)C(Cc2ccc3[nH]ncc3c2)NC(=O)N2CCC(N3Cc4ccccc4NC3=O)CC2)CC1. The van der Waals surface area contributed by atoms with E-state index in [4.69, 9.17) is 0 Å². The third-order valence-corrected chi connectivity index (χ3v) is 9.95. The number of rotatable bonds is 9. The van der Waals surface area contributed by atoms with Crippen LogP contribution in [-0.4, -0.2) is 106 Å². The zero-order chi connectivity index (χ0) is 32.2. The van der Waals surface area contributed by atoms with Crippen molar-refractivity contribution in [1.29, 1.82) is 0 Å². The van der Waals surface area contributed by atoms with Crippen LogP contribution < -0.4 is 10.6 Å². The minimum absolute atomic E-state index is 0.0463. The third kappa shape index (κ3) is 7.04. The number of urea groups is 2. The number of anilines is 1. The van der Waals surface area contributed by atoms with Gasteiger partial charge in [-0.3, -0.25) is 14.8 Å². The number of aromatic amines is 1. The highest BCUT2D eigenvalue weighted by Gasteiger charge is 2.35. The molecule has 3 aliphatic heterocycles. The number of piperidine rings is 1. The Balaban J connectivity index is 1.09. The van der Waals surface area contributed by atoms with Crippen molar-refractivity contribution in [2.75, 3.05) is 51.1 Å². The van der Waals surface area contributed by atoms with Crippen molar-refractivity contribution >= 4 is 34.6 Å². The summed E-state index contributed by atoms with van der Waals surface area (Å²) in [6.07, 6.45) is 4.59. The minimum Gasteiger partial charge on any atom is -0.338 e. The van der Waals surface area contributed by atoms with E-state index in [1.165, 1.54) is 5.57 Å². The van der Waals surface area contributed by atoms with Gasteiger partial charge in [0.2, 0.25) is 5.91 Å². The lowest BCUT2D eigenvalue weighted by molar-refractivity contribution is -0.135. The van der Waals surface area contributed by atoms with Crippen molar-refractivity contribution in [2.45, 2.75) is 58.2 Å². The quantitative estimate of drug-likeness (QED) is 0.304. The molecule has 1 aromatic heterocycles. The number of hydrogen-bond acceptors (Lipinski definition) is 5. The van der Waals surface area contributed by atoms with Gasteiger partial charge in [-0.1, -0.05) is 43.3 Å². The molecule has 2 saturated heterocycles. The predicted octanol–water partition coefficient (Wildman–Crippen LogP) is 4.44. The smallest absolute Gasteiger partial charge is 0.322 e. The molecule has 0 saturated carbocycles. The molecule has 2 fully saturated rings. The van der Waals surface area contributed by atoms with Crippen LogP contribution in [0.15, 0.2) is 60.8 Å². The number of nitrogens with one attached hydrogen (secondary N) is 3. The average Bonchev–Trinajstić information content (AvgIpc) is 3.54. The molecule has 0 radical (unpaired) electrons. The zero-order valence-electron chi connectivity index (χ0n) is 27.0. The van der Waals surface area contributed by atoms with Crippen LogP contribution in [0.4, 0.5) is 15.3 Å². The molecule has 2 unspecified atom stereocenters. The second kappa shape index (κ2) is 13.9. The Morgan fingerprint density at radius 3 is 2.54 bits per heavy atom. The van der Waals surface area contributed by atoms with Crippen LogP contribution in [0.25, 0.3) is 10.9 Å². The molecule has 3 aliphatic rings. The molecule has 46 heavy (non-hydrogen) atoms. The van der Waals surface area contributed by atoms with Gasteiger partial charge in [-0.05, 0) is 61.4 Å². The number of nitrogens with zero attached hydrogens (tertiary/aromatic N) is 5. The first-order chi connectivity index (χ1) is 22.3. The van der Waals surface area contributed by atoms with E-state index < -0.39 is 6.04 Å². The number of para-hydroxylation sites is 1. The summed E-state index contributed by atoms with van der Waals surface area (Å²) in [4.78, 5) is 48.5. The molecule has 3 aromatic rings. The zero-order valence-corrected chi connectivity index (χ0v) is 27.0. The molecule has 0 aliphatic carbocycles. The summed E-state index contributed by atoms with van der Waals surface area (Å²) in [5.74, 6) is 0.405. The molecule has 5 amide bonds. The van der Waals surface area contributed by atoms with E-state index in [0.29, 0.717) is 57.9 Å². The molecule has 11 nitrogen and oxygen atoms in total. The molecule has 0 spiro atoms. The monoisotopic (exact) mass is 626 g/mol. The summed E-state index contributed by atoms with van der Waals surface area (Å²) < 4.78 is 0. The largest absolute Gasteiger partial charge is 0.338 e. The summed E-state index contributed by atoms with van der Waals surface area (Å²) in [6.45, 7) is 13.9. The van der Waals surface area contributed by atoms with E-state index in [1.807, 2.05) is 52.3 Å². The first kappa shape index (κ1) is 31.6. The van der Waals surface area contributed by atoms with Crippen LogP contribution in [0.3, 0.4) is 0 Å². The molecule has 3 N–H and O–H groups in total. The van der Waals surface area contributed by atoms with E-state index >= 15 is 0 Å². The Kier molecular flexibility index (Phi) is 9.58. The summed E-state index contributed by atoms with van der Waals surface area (Å²) in [5.41, 5.74) is 5.06. The number of H-pyrrole nitrogens is 1. The number of fused-ring (bicyclic) bond motifs is 2. The summed E-state index contributed by atoms with van der Waals surface area (Å²) in [6, 6.07) is 12.9. The van der Waals surface area contributed by atoms with Crippen molar-refractivity contribution in [1.82, 2.24) is 35.1 Å². The number of carbonyl (C=O) groups is 3. The van der Waals surface area contributed by atoms with Crippen molar-refractivity contribution in [2.24, 2.45) is 5.92 Å². The standard InChI is InChI=1S/C35H46N8O3/c1-4-26(24(2)3)22-40-15-17-41(18-16-40)33(44)32(20-25-9-10-31-28(19-25)21-36-39-31)38-34(45)42-13-11-29(12-14-42)43-23-27-7-5-6-8-30(27)37-35(43)46/h5-10,19,21,26,29,32H,2,4,11-18,20,22-23H2,1,3H3,(H,36,39)(H,37,46)(H,38,45). The normalized spacial score (nSPS) is 19.0. The number of hydrogen-bond donors (Lipinski definition) is 3. The highest BCUT2D eigenvalue weighted by atomic mass is 16.2. The number of aromatic nitrogens is 2. The predicted molar refractivity (Wildman–Crippen MR) is 179 cm³/mol. The van der Waals surface area contributed by atoms with Gasteiger partial charge in [-0.15, -0.1) is 0 Å². The van der Waals surface area contributed by atoms with Gasteiger partial charge < -0.3 is 25.3 Å². The summed E-state index contributed by atoms with van der Waals surface area (Å²) in [5, 5.41) is 14.2. The molecule has 244 valence electrons. The number of benzene rings is 2. The van der Waals surface area contributed by atoms with Gasteiger partial charge in [0.1, 0.15) is 6.04 Å².